The van der Waals surface area contributed by atoms with E-state index in [9.17, 15) is 14.9 Å². The molecule has 3 rings (SSSR count). The second-order valence-electron chi connectivity index (χ2n) is 6.21. The predicted molar refractivity (Wildman–Crippen MR) is 116 cm³/mol. The Kier molecular flexibility index (Phi) is 6.58. The molecule has 3 aromatic carbocycles. The van der Waals surface area contributed by atoms with Gasteiger partial charge in [-0.2, -0.15) is 5.26 Å². The van der Waals surface area contributed by atoms with Crippen molar-refractivity contribution in [2.24, 2.45) is 5.73 Å². The van der Waals surface area contributed by atoms with Gasteiger partial charge in [0.25, 0.3) is 5.91 Å². The Hall–Kier alpha value is -3.53. The lowest BCUT2D eigenvalue weighted by atomic mass is 10.0. The minimum absolute atomic E-state index is 0.143. The smallest absolute Gasteiger partial charge is 0.319 e. The molecule has 30 heavy (non-hydrogen) atoms. The van der Waals surface area contributed by atoms with Gasteiger partial charge in [0.05, 0.1) is 0 Å². The molecule has 0 fully saturated rings. The fraction of sp³-hybridized carbons (Fsp3) is 0.0455. The van der Waals surface area contributed by atoms with E-state index in [0.717, 1.165) is 16.3 Å². The molecule has 3 aromatic rings. The number of nitrogens with one attached hydrogen (secondary N) is 1. The zero-order valence-electron chi connectivity index (χ0n) is 15.5. The van der Waals surface area contributed by atoms with Gasteiger partial charge in [0.15, 0.2) is 0 Å². The first-order valence-electron chi connectivity index (χ1n) is 8.70. The number of nitrogens with zero attached hydrogens (tertiary/aromatic N) is 1. The van der Waals surface area contributed by atoms with Gasteiger partial charge >= 0.3 is 6.03 Å². The van der Waals surface area contributed by atoms with E-state index in [-0.39, 0.29) is 12.2 Å². The molecule has 0 unspecified atom stereocenters. The zero-order valence-corrected chi connectivity index (χ0v) is 17.0. The van der Waals surface area contributed by atoms with Gasteiger partial charge in [-0.3, -0.25) is 10.1 Å². The number of nitriles is 1. The van der Waals surface area contributed by atoms with Crippen LogP contribution >= 0.6 is 23.2 Å². The third kappa shape index (κ3) is 4.90. The Morgan fingerprint density at radius 1 is 1.13 bits per heavy atom. The lowest BCUT2D eigenvalue weighted by molar-refractivity contribution is -0.115. The summed E-state index contributed by atoms with van der Waals surface area (Å²) >= 11 is 12.1. The molecule has 6 nitrogen and oxygen atoms in total. The number of carbonyl (C=O) groups excluding carboxylic acids is 2. The van der Waals surface area contributed by atoms with Crippen LogP contribution in [0.2, 0.25) is 10.0 Å². The summed E-state index contributed by atoms with van der Waals surface area (Å²) in [7, 11) is 0. The number of fused-ring (bicyclic) bond motifs is 1. The van der Waals surface area contributed by atoms with Gasteiger partial charge in [0, 0.05) is 21.2 Å². The Morgan fingerprint density at radius 3 is 2.60 bits per heavy atom. The highest BCUT2D eigenvalue weighted by Crippen LogP contribution is 2.31. The molecule has 0 atom stereocenters. The van der Waals surface area contributed by atoms with E-state index >= 15 is 0 Å². The number of urea groups is 1. The van der Waals surface area contributed by atoms with E-state index in [0.29, 0.717) is 21.4 Å². The van der Waals surface area contributed by atoms with E-state index in [1.54, 1.807) is 30.3 Å². The van der Waals surface area contributed by atoms with Crippen LogP contribution in [0.3, 0.4) is 0 Å². The monoisotopic (exact) mass is 439 g/mol. The number of hydrogen-bond acceptors (Lipinski definition) is 4. The molecule has 0 aliphatic heterocycles. The van der Waals surface area contributed by atoms with Crippen molar-refractivity contribution in [2.45, 2.75) is 6.61 Å². The lowest BCUT2D eigenvalue weighted by Gasteiger charge is -2.13. The van der Waals surface area contributed by atoms with Gasteiger partial charge in [0.2, 0.25) is 0 Å². The molecular formula is C22H15Cl2N3O3. The summed E-state index contributed by atoms with van der Waals surface area (Å²) < 4.78 is 5.95. The van der Waals surface area contributed by atoms with Crippen molar-refractivity contribution in [1.29, 1.82) is 5.26 Å². The summed E-state index contributed by atoms with van der Waals surface area (Å²) in [6, 6.07) is 16.8. The van der Waals surface area contributed by atoms with Crippen molar-refractivity contribution < 1.29 is 14.3 Å². The average Bonchev–Trinajstić information content (AvgIpc) is 2.71. The fourth-order valence-electron chi connectivity index (χ4n) is 2.82. The van der Waals surface area contributed by atoms with Crippen LogP contribution in [0, 0.1) is 11.3 Å². The van der Waals surface area contributed by atoms with Gasteiger partial charge in [0.1, 0.15) is 24.0 Å². The minimum atomic E-state index is -1.05. The maximum absolute atomic E-state index is 12.1. The number of amides is 3. The molecule has 3 amide bonds. The molecule has 0 aliphatic rings. The van der Waals surface area contributed by atoms with E-state index in [1.807, 2.05) is 35.6 Å². The number of benzene rings is 3. The summed E-state index contributed by atoms with van der Waals surface area (Å²) in [4.78, 5) is 23.1. The van der Waals surface area contributed by atoms with Crippen LogP contribution in [0.15, 0.2) is 60.2 Å². The third-order valence-electron chi connectivity index (χ3n) is 4.22. The highest BCUT2D eigenvalue weighted by atomic mass is 35.5. The van der Waals surface area contributed by atoms with Gasteiger partial charge < -0.3 is 10.5 Å². The molecule has 0 bridgehead atoms. The maximum Gasteiger partial charge on any atom is 0.319 e. The first-order chi connectivity index (χ1) is 14.4. The molecule has 0 saturated carbocycles. The van der Waals surface area contributed by atoms with Crippen molar-refractivity contribution in [1.82, 2.24) is 5.32 Å². The number of halogens is 2. The van der Waals surface area contributed by atoms with Crippen LogP contribution in [0.1, 0.15) is 11.1 Å². The summed E-state index contributed by atoms with van der Waals surface area (Å²) in [5.74, 6) is -0.469. The topological polar surface area (TPSA) is 105 Å². The normalized spacial score (nSPS) is 11.0. The maximum atomic E-state index is 12.1. The van der Waals surface area contributed by atoms with E-state index in [4.69, 9.17) is 33.7 Å². The molecule has 0 aliphatic carbocycles. The first kappa shape index (κ1) is 21.2. The Morgan fingerprint density at radius 2 is 1.90 bits per heavy atom. The van der Waals surface area contributed by atoms with Crippen molar-refractivity contribution in [3.05, 3.63) is 81.3 Å². The Balaban J connectivity index is 2.04. The van der Waals surface area contributed by atoms with E-state index < -0.39 is 11.9 Å². The van der Waals surface area contributed by atoms with Gasteiger partial charge in [-0.05, 0) is 35.0 Å². The molecule has 0 aromatic heterocycles. The van der Waals surface area contributed by atoms with Gasteiger partial charge in [-0.25, -0.2) is 4.79 Å². The number of primary amides is 1. The summed E-state index contributed by atoms with van der Waals surface area (Å²) in [5, 5.41) is 13.9. The van der Waals surface area contributed by atoms with Crippen LogP contribution in [0.25, 0.3) is 16.8 Å². The molecule has 0 saturated heterocycles. The van der Waals surface area contributed by atoms with Crippen molar-refractivity contribution >= 4 is 52.0 Å². The van der Waals surface area contributed by atoms with Crippen LogP contribution < -0.4 is 15.8 Å². The highest BCUT2D eigenvalue weighted by Gasteiger charge is 2.15. The van der Waals surface area contributed by atoms with Gasteiger partial charge in [-0.15, -0.1) is 0 Å². The average molecular weight is 440 g/mol. The number of rotatable bonds is 5. The predicted octanol–water partition coefficient (Wildman–Crippen LogP) is 4.83. The molecule has 150 valence electrons. The lowest BCUT2D eigenvalue weighted by Crippen LogP contribution is -2.35. The van der Waals surface area contributed by atoms with Crippen molar-refractivity contribution in [3.8, 4) is 11.8 Å². The molecule has 0 heterocycles. The van der Waals surface area contributed by atoms with Crippen LogP contribution in [0.5, 0.6) is 5.75 Å². The summed E-state index contributed by atoms with van der Waals surface area (Å²) in [6.45, 7) is 0.143. The number of carbonyl (C=O) groups is 2. The number of nitrogens with two attached hydrogens (primary N) is 1. The Labute approximate surface area is 182 Å². The molecule has 8 heteroatoms. The fourth-order valence-corrected chi connectivity index (χ4v) is 3.28. The quantitative estimate of drug-likeness (QED) is 0.438. The first-order valence-corrected chi connectivity index (χ1v) is 9.45. The van der Waals surface area contributed by atoms with Gasteiger partial charge in [-0.1, -0.05) is 59.6 Å². The molecule has 0 spiro atoms. The van der Waals surface area contributed by atoms with Crippen LogP contribution in [-0.4, -0.2) is 11.9 Å². The minimum Gasteiger partial charge on any atom is -0.488 e. The van der Waals surface area contributed by atoms with Crippen LogP contribution in [0.4, 0.5) is 4.79 Å². The summed E-state index contributed by atoms with van der Waals surface area (Å²) in [5.41, 5.74) is 5.92. The number of imide groups is 1. The van der Waals surface area contributed by atoms with Crippen molar-refractivity contribution in [2.75, 3.05) is 0 Å². The second-order valence-corrected chi connectivity index (χ2v) is 7.05. The largest absolute Gasteiger partial charge is 0.488 e. The number of hydrogen-bond donors (Lipinski definition) is 2. The second kappa shape index (κ2) is 9.31. The summed E-state index contributed by atoms with van der Waals surface area (Å²) in [6.07, 6.45) is 1.36. The standard InChI is InChI=1S/C22H15Cl2N3O3/c23-16-7-5-14(19(24)10-16)12-30-20-8-6-13-3-1-2-4-17(13)18(20)9-15(11-25)21(28)27-22(26)29/h1-10H,12H2,(H3,26,27,28,29)/b15-9-. The number of ether oxygens (including phenoxy) is 1. The Bertz CT molecular complexity index is 1220. The van der Waals surface area contributed by atoms with Crippen LogP contribution in [-0.2, 0) is 11.4 Å². The van der Waals surface area contributed by atoms with E-state index in [1.165, 1.54) is 6.08 Å². The molecule has 3 N–H and O–H groups in total. The van der Waals surface area contributed by atoms with Crippen molar-refractivity contribution in [3.63, 3.8) is 0 Å². The molecular weight excluding hydrogens is 425 g/mol. The van der Waals surface area contributed by atoms with E-state index in [2.05, 4.69) is 0 Å². The third-order valence-corrected chi connectivity index (χ3v) is 4.81. The SMILES string of the molecule is N#C/C(=C/c1c(OCc2ccc(Cl)cc2Cl)ccc2ccccc12)C(=O)NC(N)=O. The molecule has 0 radical (unpaired) electrons. The zero-order chi connectivity index (χ0) is 21.7. The highest BCUT2D eigenvalue weighted by molar-refractivity contribution is 6.35.